The van der Waals surface area contributed by atoms with Crippen molar-refractivity contribution >= 4 is 61.5 Å². The molecule has 5 N–H and O–H groups in total. The third-order valence-corrected chi connectivity index (χ3v) is 4.54. The van der Waals surface area contributed by atoms with Crippen LogP contribution in [-0.2, 0) is 0 Å². The number of carbonyl (C=O) groups excluding carboxylic acids is 2. The van der Waals surface area contributed by atoms with Crippen LogP contribution in [0.5, 0.6) is 0 Å². The molecule has 0 aliphatic carbocycles. The predicted octanol–water partition coefficient (Wildman–Crippen LogP) is 3.50. The summed E-state index contributed by atoms with van der Waals surface area (Å²) < 4.78 is 0. The van der Waals surface area contributed by atoms with E-state index >= 15 is 0 Å². The summed E-state index contributed by atoms with van der Waals surface area (Å²) in [6.45, 7) is 0.306. The van der Waals surface area contributed by atoms with Crippen molar-refractivity contribution in [2.45, 2.75) is 0 Å². The van der Waals surface area contributed by atoms with Crippen LogP contribution < -0.4 is 21.7 Å². The molecule has 0 spiro atoms. The van der Waals surface area contributed by atoms with Crippen molar-refractivity contribution < 1.29 is 9.59 Å². The van der Waals surface area contributed by atoms with E-state index in [9.17, 15) is 9.59 Å². The first-order valence-electron chi connectivity index (χ1n) is 7.74. The Kier molecular flexibility index (Phi) is 5.55. The first kappa shape index (κ1) is 18.0. The van der Waals surface area contributed by atoms with E-state index in [0.29, 0.717) is 11.7 Å². The first-order valence-corrected chi connectivity index (χ1v) is 9.09. The minimum atomic E-state index is -0.722. The molecule has 0 saturated carbocycles. The summed E-state index contributed by atoms with van der Waals surface area (Å²) in [6, 6.07) is 13.4. The summed E-state index contributed by atoms with van der Waals surface area (Å²) in [6.07, 6.45) is 0. The highest BCUT2D eigenvalue weighted by atomic mass is 35.5. The van der Waals surface area contributed by atoms with Crippen molar-refractivity contribution in [3.63, 3.8) is 0 Å². The number of fused-ring (bicyclic) bond motifs is 1. The summed E-state index contributed by atoms with van der Waals surface area (Å²) in [5.41, 5.74) is 6.17. The van der Waals surface area contributed by atoms with Crippen LogP contribution in [-0.4, -0.2) is 29.3 Å². The minimum absolute atomic E-state index is 0.000636. The number of alkyl halides is 1. The van der Waals surface area contributed by atoms with Crippen molar-refractivity contribution in [3.05, 3.63) is 48.2 Å². The van der Waals surface area contributed by atoms with Gasteiger partial charge < -0.3 is 16.4 Å². The number of urea groups is 1. The molecule has 0 atom stereocenters. The number of nitrogens with two attached hydrogens (primary N) is 1. The standard InChI is InChI=1S/C17H16ClN5O2S/c18-7-8-20-16(25)23-15-13(14(19)24)22-17(26-15)21-12-6-5-10-3-1-2-4-11(10)9-12/h1-6,9H,7-8H2,(H2,19,24)(H,21,22)(H2,20,23,25). The van der Waals surface area contributed by atoms with E-state index in [0.717, 1.165) is 27.8 Å². The maximum atomic E-state index is 11.8. The van der Waals surface area contributed by atoms with Gasteiger partial charge in [-0.3, -0.25) is 10.1 Å². The van der Waals surface area contributed by atoms with Gasteiger partial charge in [-0.2, -0.15) is 0 Å². The number of carbonyl (C=O) groups is 2. The van der Waals surface area contributed by atoms with Crippen LogP contribution in [0.4, 0.5) is 20.6 Å². The predicted molar refractivity (Wildman–Crippen MR) is 106 cm³/mol. The Morgan fingerprint density at radius 1 is 1.15 bits per heavy atom. The van der Waals surface area contributed by atoms with Gasteiger partial charge in [0.05, 0.1) is 0 Å². The zero-order chi connectivity index (χ0) is 18.5. The summed E-state index contributed by atoms with van der Waals surface area (Å²) in [7, 11) is 0. The Morgan fingerprint density at radius 2 is 1.92 bits per heavy atom. The average Bonchev–Trinajstić information content (AvgIpc) is 3.02. The van der Waals surface area contributed by atoms with Gasteiger partial charge in [0, 0.05) is 18.1 Å². The lowest BCUT2D eigenvalue weighted by Crippen LogP contribution is -2.30. The Morgan fingerprint density at radius 3 is 2.65 bits per heavy atom. The van der Waals surface area contributed by atoms with E-state index in [1.54, 1.807) is 0 Å². The molecular formula is C17H16ClN5O2S. The molecule has 1 heterocycles. The van der Waals surface area contributed by atoms with Crippen molar-refractivity contribution in [1.82, 2.24) is 10.3 Å². The number of benzene rings is 2. The van der Waals surface area contributed by atoms with Crippen LogP contribution >= 0.6 is 22.9 Å². The second-order valence-electron chi connectivity index (χ2n) is 5.32. The summed E-state index contributed by atoms with van der Waals surface area (Å²) in [4.78, 5) is 27.6. The van der Waals surface area contributed by atoms with Gasteiger partial charge in [-0.05, 0) is 22.9 Å². The normalized spacial score (nSPS) is 10.5. The van der Waals surface area contributed by atoms with Crippen molar-refractivity contribution in [2.24, 2.45) is 5.73 Å². The zero-order valence-electron chi connectivity index (χ0n) is 13.6. The Labute approximate surface area is 158 Å². The molecule has 26 heavy (non-hydrogen) atoms. The van der Waals surface area contributed by atoms with E-state index in [1.807, 2.05) is 42.5 Å². The maximum absolute atomic E-state index is 11.8. The fourth-order valence-electron chi connectivity index (χ4n) is 2.32. The molecule has 2 aromatic carbocycles. The average molecular weight is 390 g/mol. The van der Waals surface area contributed by atoms with Crippen LogP contribution in [0.15, 0.2) is 42.5 Å². The highest BCUT2D eigenvalue weighted by Gasteiger charge is 2.18. The van der Waals surface area contributed by atoms with Gasteiger partial charge >= 0.3 is 6.03 Å². The number of primary amides is 1. The largest absolute Gasteiger partial charge is 0.364 e. The second kappa shape index (κ2) is 8.03. The van der Waals surface area contributed by atoms with Crippen molar-refractivity contribution in [1.29, 1.82) is 0 Å². The third kappa shape index (κ3) is 4.22. The summed E-state index contributed by atoms with van der Waals surface area (Å²) in [5.74, 6) is -0.437. The number of nitrogens with one attached hydrogen (secondary N) is 3. The van der Waals surface area contributed by atoms with Crippen molar-refractivity contribution in [2.75, 3.05) is 23.1 Å². The first-order chi connectivity index (χ1) is 12.6. The highest BCUT2D eigenvalue weighted by Crippen LogP contribution is 2.31. The third-order valence-electron chi connectivity index (χ3n) is 3.47. The lowest BCUT2D eigenvalue weighted by atomic mass is 10.1. The lowest BCUT2D eigenvalue weighted by Gasteiger charge is -2.05. The molecule has 0 aliphatic rings. The van der Waals surface area contributed by atoms with Gasteiger partial charge in [0.15, 0.2) is 10.8 Å². The maximum Gasteiger partial charge on any atom is 0.319 e. The number of anilines is 3. The molecule has 3 rings (SSSR count). The van der Waals surface area contributed by atoms with E-state index in [-0.39, 0.29) is 16.6 Å². The fraction of sp³-hybridized carbons (Fsp3) is 0.118. The van der Waals surface area contributed by atoms with Crippen LogP contribution in [0.25, 0.3) is 10.8 Å². The Balaban J connectivity index is 1.81. The fourth-order valence-corrected chi connectivity index (χ4v) is 3.30. The molecule has 0 unspecified atom stereocenters. The number of aromatic nitrogens is 1. The van der Waals surface area contributed by atoms with Gasteiger partial charge in [0.1, 0.15) is 5.00 Å². The molecule has 1 aromatic heterocycles. The van der Waals surface area contributed by atoms with Gasteiger partial charge in [-0.25, -0.2) is 9.78 Å². The molecule has 0 fully saturated rings. The lowest BCUT2D eigenvalue weighted by molar-refractivity contribution is 0.0997. The number of hydrogen-bond donors (Lipinski definition) is 4. The molecule has 134 valence electrons. The molecule has 9 heteroatoms. The summed E-state index contributed by atoms with van der Waals surface area (Å²) in [5, 5.41) is 11.2. The van der Waals surface area contributed by atoms with Gasteiger partial charge in [-0.15, -0.1) is 11.6 Å². The van der Waals surface area contributed by atoms with Crippen LogP contribution in [0.1, 0.15) is 10.5 Å². The molecule has 7 nitrogen and oxygen atoms in total. The van der Waals surface area contributed by atoms with Gasteiger partial charge in [0.25, 0.3) is 5.91 Å². The topological polar surface area (TPSA) is 109 Å². The number of amides is 3. The van der Waals surface area contributed by atoms with Crippen molar-refractivity contribution in [3.8, 4) is 0 Å². The Hall–Kier alpha value is -2.84. The highest BCUT2D eigenvalue weighted by molar-refractivity contribution is 7.20. The molecule has 0 bridgehead atoms. The second-order valence-corrected chi connectivity index (χ2v) is 6.69. The van der Waals surface area contributed by atoms with Gasteiger partial charge in [0.2, 0.25) is 0 Å². The molecule has 0 radical (unpaired) electrons. The number of nitrogens with zero attached hydrogens (tertiary/aromatic N) is 1. The number of halogens is 1. The number of thiazole rings is 1. The van der Waals surface area contributed by atoms with E-state index in [4.69, 9.17) is 17.3 Å². The van der Waals surface area contributed by atoms with Crippen LogP contribution in [0, 0.1) is 0 Å². The SMILES string of the molecule is NC(=O)c1nc(Nc2ccc3ccccc3c2)sc1NC(=O)NCCCl. The summed E-state index contributed by atoms with van der Waals surface area (Å²) >= 11 is 6.65. The Bertz CT molecular complexity index is 959. The van der Waals surface area contributed by atoms with E-state index < -0.39 is 11.9 Å². The monoisotopic (exact) mass is 389 g/mol. The molecule has 0 aliphatic heterocycles. The zero-order valence-corrected chi connectivity index (χ0v) is 15.2. The van der Waals surface area contributed by atoms with E-state index in [1.165, 1.54) is 0 Å². The van der Waals surface area contributed by atoms with Gasteiger partial charge in [-0.1, -0.05) is 41.7 Å². The minimum Gasteiger partial charge on any atom is -0.364 e. The van der Waals surface area contributed by atoms with Crippen LogP contribution in [0.3, 0.4) is 0 Å². The smallest absolute Gasteiger partial charge is 0.319 e. The van der Waals surface area contributed by atoms with Crippen LogP contribution in [0.2, 0.25) is 0 Å². The molecular weight excluding hydrogens is 374 g/mol. The molecule has 0 saturated heterocycles. The molecule has 3 amide bonds. The van der Waals surface area contributed by atoms with E-state index in [2.05, 4.69) is 20.9 Å². The number of hydrogen-bond acceptors (Lipinski definition) is 5. The number of rotatable bonds is 6. The quantitative estimate of drug-likeness (QED) is 0.483. The molecule has 3 aromatic rings.